The van der Waals surface area contributed by atoms with Crippen LogP contribution in [0.2, 0.25) is 0 Å². The summed E-state index contributed by atoms with van der Waals surface area (Å²) in [6.07, 6.45) is 0. The van der Waals surface area contributed by atoms with Crippen LogP contribution in [0.3, 0.4) is 0 Å². The van der Waals surface area contributed by atoms with Crippen molar-refractivity contribution in [2.24, 2.45) is 0 Å². The summed E-state index contributed by atoms with van der Waals surface area (Å²) >= 11 is 1.42. The Morgan fingerprint density at radius 3 is 2.83 bits per heavy atom. The van der Waals surface area contributed by atoms with Gasteiger partial charge in [-0.05, 0) is 29.8 Å². The molecule has 0 radical (unpaired) electrons. The molecule has 0 fully saturated rings. The Labute approximate surface area is 143 Å². The van der Waals surface area contributed by atoms with Crippen LogP contribution in [0, 0.1) is 5.82 Å². The van der Waals surface area contributed by atoms with Gasteiger partial charge in [-0.25, -0.2) is 9.37 Å². The maximum atomic E-state index is 13.3. The predicted molar refractivity (Wildman–Crippen MR) is 93.8 cm³/mol. The van der Waals surface area contributed by atoms with Crippen LogP contribution in [0.4, 0.5) is 4.39 Å². The number of aromatic nitrogens is 2. The molecule has 0 spiro atoms. The summed E-state index contributed by atoms with van der Waals surface area (Å²) in [5, 5.41) is 1.20. The number of ether oxygens (including phenoxy) is 1. The van der Waals surface area contributed by atoms with Crippen LogP contribution < -0.4 is 5.56 Å². The van der Waals surface area contributed by atoms with Crippen LogP contribution in [0.15, 0.2) is 58.5 Å². The lowest BCUT2D eigenvalue weighted by Gasteiger charge is -2.12. The highest BCUT2D eigenvalue weighted by molar-refractivity contribution is 7.98. The molecule has 2 aromatic carbocycles. The number of hydrogen-bond acceptors (Lipinski definition) is 4. The predicted octanol–water partition coefficient (Wildman–Crippen LogP) is 3.47. The van der Waals surface area contributed by atoms with Crippen molar-refractivity contribution in [1.82, 2.24) is 9.55 Å². The van der Waals surface area contributed by atoms with Crippen molar-refractivity contribution in [2.75, 3.05) is 13.7 Å². The second-order valence-electron chi connectivity index (χ2n) is 5.28. The number of rotatable bonds is 6. The fraction of sp³-hybridized carbons (Fsp3) is 0.222. The Morgan fingerprint density at radius 1 is 1.21 bits per heavy atom. The van der Waals surface area contributed by atoms with E-state index in [9.17, 15) is 9.18 Å². The van der Waals surface area contributed by atoms with Gasteiger partial charge in [0.15, 0.2) is 5.16 Å². The number of fused-ring (bicyclic) bond motifs is 1. The summed E-state index contributed by atoms with van der Waals surface area (Å²) in [7, 11) is 1.60. The lowest BCUT2D eigenvalue weighted by molar-refractivity contribution is 0.183. The molecule has 0 N–H and O–H groups in total. The minimum absolute atomic E-state index is 0.0839. The number of thioether (sulfide) groups is 1. The van der Waals surface area contributed by atoms with Gasteiger partial charge in [-0.3, -0.25) is 9.36 Å². The van der Waals surface area contributed by atoms with E-state index in [0.29, 0.717) is 35.0 Å². The summed E-state index contributed by atoms with van der Waals surface area (Å²) in [6.45, 7) is 0.853. The third-order valence-corrected chi connectivity index (χ3v) is 4.65. The number of hydrogen-bond donors (Lipinski definition) is 0. The molecule has 0 atom stereocenters. The van der Waals surface area contributed by atoms with Crippen molar-refractivity contribution in [2.45, 2.75) is 17.5 Å². The molecule has 124 valence electrons. The zero-order chi connectivity index (χ0) is 16.9. The Bertz CT molecular complexity index is 911. The summed E-state index contributed by atoms with van der Waals surface area (Å²) in [6, 6.07) is 13.7. The van der Waals surface area contributed by atoms with E-state index in [4.69, 9.17) is 4.74 Å². The van der Waals surface area contributed by atoms with E-state index in [0.717, 1.165) is 5.56 Å². The van der Waals surface area contributed by atoms with Crippen molar-refractivity contribution in [3.05, 3.63) is 70.3 Å². The summed E-state index contributed by atoms with van der Waals surface area (Å²) in [5.41, 5.74) is 1.43. The Morgan fingerprint density at radius 2 is 2.04 bits per heavy atom. The van der Waals surface area contributed by atoms with Gasteiger partial charge in [0.1, 0.15) is 5.82 Å². The van der Waals surface area contributed by atoms with E-state index in [1.165, 1.54) is 23.9 Å². The normalized spacial score (nSPS) is 11.1. The van der Waals surface area contributed by atoms with Gasteiger partial charge < -0.3 is 4.74 Å². The number of benzene rings is 2. The third kappa shape index (κ3) is 3.66. The zero-order valence-corrected chi connectivity index (χ0v) is 14.1. The van der Waals surface area contributed by atoms with Crippen LogP contribution >= 0.6 is 11.8 Å². The van der Waals surface area contributed by atoms with Gasteiger partial charge in [-0.2, -0.15) is 0 Å². The van der Waals surface area contributed by atoms with Crippen LogP contribution in [0.25, 0.3) is 10.9 Å². The Kier molecular flexibility index (Phi) is 5.27. The van der Waals surface area contributed by atoms with Gasteiger partial charge >= 0.3 is 0 Å². The largest absolute Gasteiger partial charge is 0.383 e. The molecule has 0 aliphatic rings. The first-order valence-corrected chi connectivity index (χ1v) is 8.53. The highest BCUT2D eigenvalue weighted by Gasteiger charge is 2.11. The molecule has 3 rings (SSSR count). The summed E-state index contributed by atoms with van der Waals surface area (Å²) in [5.74, 6) is 0.270. The second-order valence-corrected chi connectivity index (χ2v) is 6.22. The average Bonchev–Trinajstić information content (AvgIpc) is 2.59. The van der Waals surface area contributed by atoms with Crippen LogP contribution in [-0.4, -0.2) is 23.3 Å². The van der Waals surface area contributed by atoms with Crippen molar-refractivity contribution >= 4 is 22.7 Å². The van der Waals surface area contributed by atoms with E-state index in [1.54, 1.807) is 23.8 Å². The van der Waals surface area contributed by atoms with Crippen LogP contribution in [0.1, 0.15) is 5.56 Å². The molecule has 1 aromatic heterocycles. The molecule has 0 amide bonds. The van der Waals surface area contributed by atoms with Gasteiger partial charge in [-0.15, -0.1) is 0 Å². The summed E-state index contributed by atoms with van der Waals surface area (Å²) in [4.78, 5) is 17.3. The molecule has 4 nitrogen and oxygen atoms in total. The fourth-order valence-corrected chi connectivity index (χ4v) is 3.38. The monoisotopic (exact) mass is 344 g/mol. The molecule has 0 bridgehead atoms. The number of nitrogens with zero attached hydrogens (tertiary/aromatic N) is 2. The van der Waals surface area contributed by atoms with Crippen LogP contribution in [0.5, 0.6) is 0 Å². The van der Waals surface area contributed by atoms with Crippen LogP contribution in [-0.2, 0) is 17.0 Å². The molecule has 0 saturated heterocycles. The average molecular weight is 344 g/mol. The van der Waals surface area contributed by atoms with Gasteiger partial charge in [0.05, 0.1) is 24.1 Å². The third-order valence-electron chi connectivity index (χ3n) is 3.60. The molecular formula is C18H17FN2O2S. The van der Waals surface area contributed by atoms with Crippen molar-refractivity contribution in [3.8, 4) is 0 Å². The van der Waals surface area contributed by atoms with Gasteiger partial charge in [0, 0.05) is 12.9 Å². The maximum Gasteiger partial charge on any atom is 0.262 e. The lowest BCUT2D eigenvalue weighted by atomic mass is 10.2. The quantitative estimate of drug-likeness (QED) is 0.507. The standard InChI is InChI=1S/C18H17FN2O2S/c1-23-10-9-21-17(22)15-7-2-3-8-16(15)20-18(21)24-12-13-5-4-6-14(19)11-13/h2-8,11H,9-10,12H2,1H3. The lowest BCUT2D eigenvalue weighted by Crippen LogP contribution is -2.25. The number of halogens is 1. The summed E-state index contributed by atoms with van der Waals surface area (Å²) < 4.78 is 20.0. The zero-order valence-electron chi connectivity index (χ0n) is 13.2. The maximum absolute atomic E-state index is 13.3. The van der Waals surface area contributed by atoms with Gasteiger partial charge in [0.2, 0.25) is 0 Å². The fourth-order valence-electron chi connectivity index (χ4n) is 2.41. The Balaban J connectivity index is 1.96. The van der Waals surface area contributed by atoms with Gasteiger partial charge in [-0.1, -0.05) is 36.0 Å². The molecule has 24 heavy (non-hydrogen) atoms. The molecule has 0 aliphatic carbocycles. The number of para-hydroxylation sites is 1. The molecule has 0 unspecified atom stereocenters. The molecule has 3 aromatic rings. The van der Waals surface area contributed by atoms with E-state index >= 15 is 0 Å². The van der Waals surface area contributed by atoms with E-state index in [-0.39, 0.29) is 11.4 Å². The first-order chi connectivity index (χ1) is 11.7. The molecule has 6 heteroatoms. The van der Waals surface area contributed by atoms with Crippen molar-refractivity contribution in [3.63, 3.8) is 0 Å². The molecular weight excluding hydrogens is 327 g/mol. The van der Waals surface area contributed by atoms with E-state index in [1.807, 2.05) is 24.3 Å². The van der Waals surface area contributed by atoms with E-state index < -0.39 is 0 Å². The first-order valence-electron chi connectivity index (χ1n) is 7.55. The first kappa shape index (κ1) is 16.7. The van der Waals surface area contributed by atoms with E-state index in [2.05, 4.69) is 4.98 Å². The smallest absolute Gasteiger partial charge is 0.262 e. The minimum atomic E-state index is -0.267. The topological polar surface area (TPSA) is 44.1 Å². The second kappa shape index (κ2) is 7.59. The molecule has 0 saturated carbocycles. The highest BCUT2D eigenvalue weighted by atomic mass is 32.2. The molecule has 1 heterocycles. The van der Waals surface area contributed by atoms with Gasteiger partial charge in [0.25, 0.3) is 5.56 Å². The molecule has 0 aliphatic heterocycles. The highest BCUT2D eigenvalue weighted by Crippen LogP contribution is 2.22. The Hall–Kier alpha value is -2.18. The van der Waals surface area contributed by atoms with Crippen molar-refractivity contribution < 1.29 is 9.13 Å². The SMILES string of the molecule is COCCn1c(SCc2cccc(F)c2)nc2ccccc2c1=O. The minimum Gasteiger partial charge on any atom is -0.383 e. The number of methoxy groups -OCH3 is 1. The van der Waals surface area contributed by atoms with Crippen molar-refractivity contribution in [1.29, 1.82) is 0 Å².